The van der Waals surface area contributed by atoms with Crippen LogP contribution in [0.25, 0.3) is 0 Å². The summed E-state index contributed by atoms with van der Waals surface area (Å²) < 4.78 is 5.61. The number of para-hydroxylation sites is 1. The van der Waals surface area contributed by atoms with Crippen LogP contribution in [0, 0.1) is 5.92 Å². The van der Waals surface area contributed by atoms with Gasteiger partial charge in [0.1, 0.15) is 17.4 Å². The Bertz CT molecular complexity index is 759. The Balaban J connectivity index is 2.12. The highest BCUT2D eigenvalue weighted by atomic mass is 16.5. The lowest BCUT2D eigenvalue weighted by Gasteiger charge is -2.14. The normalized spacial score (nSPS) is 12.8. The largest absolute Gasteiger partial charge is 0.481 e. The van der Waals surface area contributed by atoms with Gasteiger partial charge < -0.3 is 21.3 Å². The van der Waals surface area contributed by atoms with E-state index in [2.05, 4.69) is 0 Å². The summed E-state index contributed by atoms with van der Waals surface area (Å²) in [6.45, 7) is 0. The monoisotopic (exact) mass is 342 g/mol. The number of nitrogens with two attached hydrogens (primary N) is 2. The second kappa shape index (κ2) is 8.07. The quantitative estimate of drug-likeness (QED) is 0.492. The molecule has 0 radical (unpaired) electrons. The van der Waals surface area contributed by atoms with E-state index in [0.717, 1.165) is 0 Å². The third kappa shape index (κ3) is 4.89. The Morgan fingerprint density at radius 1 is 0.960 bits per heavy atom. The number of carboxylic acids is 1. The first-order valence-electron chi connectivity index (χ1n) is 7.53. The van der Waals surface area contributed by atoms with Crippen molar-refractivity contribution in [1.29, 1.82) is 0 Å². The van der Waals surface area contributed by atoms with Crippen LogP contribution in [0.4, 0.5) is 0 Å². The molecule has 2 aromatic rings. The molecule has 0 aliphatic carbocycles. The summed E-state index contributed by atoms with van der Waals surface area (Å²) in [5, 5.41) is 9.23. The molecule has 2 atom stereocenters. The number of carbonyl (C=O) groups is 3. The second-order valence-electron chi connectivity index (χ2n) is 5.44. The summed E-state index contributed by atoms with van der Waals surface area (Å²) >= 11 is 0. The molecular formula is C18H18N2O5. The lowest BCUT2D eigenvalue weighted by Crippen LogP contribution is -2.41. The Kier molecular flexibility index (Phi) is 5.86. The van der Waals surface area contributed by atoms with Crippen LogP contribution in [0.15, 0.2) is 54.6 Å². The molecule has 0 aromatic heterocycles. The van der Waals surface area contributed by atoms with E-state index in [4.69, 9.17) is 16.2 Å². The molecule has 0 fully saturated rings. The third-order valence-electron chi connectivity index (χ3n) is 3.59. The fourth-order valence-electron chi connectivity index (χ4n) is 2.20. The molecule has 25 heavy (non-hydrogen) atoms. The molecule has 1 unspecified atom stereocenters. The van der Waals surface area contributed by atoms with E-state index in [0.29, 0.717) is 11.5 Å². The van der Waals surface area contributed by atoms with E-state index in [1.54, 1.807) is 24.3 Å². The zero-order valence-corrected chi connectivity index (χ0v) is 13.3. The van der Waals surface area contributed by atoms with Gasteiger partial charge in [0.05, 0.1) is 6.04 Å². The average Bonchev–Trinajstić information content (AvgIpc) is 2.60. The molecule has 0 aliphatic rings. The van der Waals surface area contributed by atoms with Crippen molar-refractivity contribution < 1.29 is 24.2 Å². The van der Waals surface area contributed by atoms with Gasteiger partial charge in [-0.15, -0.1) is 0 Å². The lowest BCUT2D eigenvalue weighted by atomic mass is 9.91. The molecule has 5 N–H and O–H groups in total. The van der Waals surface area contributed by atoms with Gasteiger partial charge in [-0.1, -0.05) is 18.2 Å². The molecule has 0 heterocycles. The van der Waals surface area contributed by atoms with Gasteiger partial charge in [-0.3, -0.25) is 14.4 Å². The van der Waals surface area contributed by atoms with Crippen molar-refractivity contribution >= 4 is 17.7 Å². The van der Waals surface area contributed by atoms with Gasteiger partial charge in [-0.2, -0.15) is 0 Å². The smallest absolute Gasteiger partial charge is 0.314 e. The van der Waals surface area contributed by atoms with Crippen molar-refractivity contribution in [2.75, 3.05) is 0 Å². The molecule has 0 saturated heterocycles. The maximum atomic E-state index is 12.4. The first-order valence-corrected chi connectivity index (χ1v) is 7.53. The number of ketones is 1. The number of aliphatic carboxylic acids is 1. The van der Waals surface area contributed by atoms with Crippen molar-refractivity contribution in [3.63, 3.8) is 0 Å². The topological polar surface area (TPSA) is 133 Å². The molecule has 130 valence electrons. The fourth-order valence-corrected chi connectivity index (χ4v) is 2.20. The second-order valence-corrected chi connectivity index (χ2v) is 5.44. The molecule has 1 amide bonds. The van der Waals surface area contributed by atoms with Crippen LogP contribution in [-0.4, -0.2) is 28.8 Å². The SMILES string of the molecule is NC(=O)[C@@H](N)CC(C(=O)O)C(=O)c1ccc(Oc2ccccc2)cc1. The van der Waals surface area contributed by atoms with Crippen LogP contribution in [0.3, 0.4) is 0 Å². The summed E-state index contributed by atoms with van der Waals surface area (Å²) in [6.07, 6.45) is -0.355. The summed E-state index contributed by atoms with van der Waals surface area (Å²) in [7, 11) is 0. The minimum atomic E-state index is -1.44. The summed E-state index contributed by atoms with van der Waals surface area (Å²) in [4.78, 5) is 34.7. The maximum Gasteiger partial charge on any atom is 0.314 e. The van der Waals surface area contributed by atoms with E-state index in [1.165, 1.54) is 12.1 Å². The van der Waals surface area contributed by atoms with Gasteiger partial charge in [-0.25, -0.2) is 0 Å². The highest BCUT2D eigenvalue weighted by Crippen LogP contribution is 2.23. The van der Waals surface area contributed by atoms with Crippen LogP contribution < -0.4 is 16.2 Å². The predicted octanol–water partition coefficient (Wildman–Crippen LogP) is 1.57. The van der Waals surface area contributed by atoms with E-state index in [9.17, 15) is 19.5 Å². The maximum absolute atomic E-state index is 12.4. The number of benzene rings is 2. The van der Waals surface area contributed by atoms with E-state index in [-0.39, 0.29) is 12.0 Å². The summed E-state index contributed by atoms with van der Waals surface area (Å²) in [5.74, 6) is -3.16. The van der Waals surface area contributed by atoms with Crippen LogP contribution in [0.1, 0.15) is 16.8 Å². The van der Waals surface area contributed by atoms with E-state index in [1.807, 2.05) is 18.2 Å². The standard InChI is InChI=1S/C18H18N2O5/c19-15(17(20)22)10-14(18(23)24)16(21)11-6-8-13(9-7-11)25-12-4-2-1-3-5-12/h1-9,14-15H,10,19H2,(H2,20,22)(H,23,24)/t14?,15-/m0/s1. The molecule has 0 bridgehead atoms. The Morgan fingerprint density at radius 2 is 1.52 bits per heavy atom. The summed E-state index contributed by atoms with van der Waals surface area (Å²) in [6, 6.07) is 13.9. The predicted molar refractivity (Wildman–Crippen MR) is 90.2 cm³/mol. The highest BCUT2D eigenvalue weighted by molar-refractivity contribution is 6.08. The number of ether oxygens (including phenoxy) is 1. The molecule has 7 heteroatoms. The number of hydrogen-bond acceptors (Lipinski definition) is 5. The van der Waals surface area contributed by atoms with Gasteiger partial charge in [0.2, 0.25) is 5.91 Å². The minimum absolute atomic E-state index is 0.185. The zero-order chi connectivity index (χ0) is 18.4. The van der Waals surface area contributed by atoms with Crippen molar-refractivity contribution in [3.05, 3.63) is 60.2 Å². The lowest BCUT2D eigenvalue weighted by molar-refractivity contribution is -0.140. The van der Waals surface area contributed by atoms with Crippen molar-refractivity contribution in [2.45, 2.75) is 12.5 Å². The van der Waals surface area contributed by atoms with Crippen LogP contribution in [0.5, 0.6) is 11.5 Å². The molecule has 7 nitrogen and oxygen atoms in total. The molecule has 2 aromatic carbocycles. The summed E-state index contributed by atoms with van der Waals surface area (Å²) in [5.41, 5.74) is 10.7. The van der Waals surface area contributed by atoms with Crippen molar-refractivity contribution in [1.82, 2.24) is 0 Å². The highest BCUT2D eigenvalue weighted by Gasteiger charge is 2.30. The number of rotatable bonds is 8. The number of amides is 1. The molecule has 0 spiro atoms. The van der Waals surface area contributed by atoms with Gasteiger partial charge >= 0.3 is 5.97 Å². The molecular weight excluding hydrogens is 324 g/mol. The Hall–Kier alpha value is -3.19. The zero-order valence-electron chi connectivity index (χ0n) is 13.3. The number of Topliss-reactive ketones (excluding diaryl/α,β-unsaturated/α-hetero) is 1. The molecule has 2 rings (SSSR count). The molecule has 0 saturated carbocycles. The van der Waals surface area contributed by atoms with Gasteiger partial charge in [0.25, 0.3) is 0 Å². The number of hydrogen-bond donors (Lipinski definition) is 3. The van der Waals surface area contributed by atoms with Crippen LogP contribution in [-0.2, 0) is 9.59 Å². The van der Waals surface area contributed by atoms with E-state index < -0.39 is 29.6 Å². The third-order valence-corrected chi connectivity index (χ3v) is 3.59. The van der Waals surface area contributed by atoms with Crippen LogP contribution >= 0.6 is 0 Å². The van der Waals surface area contributed by atoms with Crippen molar-refractivity contribution in [3.8, 4) is 11.5 Å². The number of primary amides is 1. The Labute approximate surface area is 144 Å². The van der Waals surface area contributed by atoms with E-state index >= 15 is 0 Å². The minimum Gasteiger partial charge on any atom is -0.481 e. The van der Waals surface area contributed by atoms with Gasteiger partial charge in [0.15, 0.2) is 5.78 Å². The van der Waals surface area contributed by atoms with Crippen LogP contribution in [0.2, 0.25) is 0 Å². The first kappa shape index (κ1) is 18.2. The van der Waals surface area contributed by atoms with Gasteiger partial charge in [0, 0.05) is 5.56 Å². The first-order chi connectivity index (χ1) is 11.9. The number of carbonyl (C=O) groups excluding carboxylic acids is 2. The fraction of sp³-hybridized carbons (Fsp3) is 0.167. The number of carboxylic acid groups (broad SMARTS) is 1. The Morgan fingerprint density at radius 3 is 2.04 bits per heavy atom. The van der Waals surface area contributed by atoms with Crippen molar-refractivity contribution in [2.24, 2.45) is 17.4 Å². The van der Waals surface area contributed by atoms with Gasteiger partial charge in [-0.05, 0) is 42.8 Å². The molecule has 0 aliphatic heterocycles. The average molecular weight is 342 g/mol.